The van der Waals surface area contributed by atoms with E-state index in [-0.39, 0.29) is 51.4 Å². The number of aldehydes is 1. The Balaban J connectivity index is -0.000000305. The van der Waals surface area contributed by atoms with Crippen LogP contribution in [0.3, 0.4) is 0 Å². The van der Waals surface area contributed by atoms with Crippen molar-refractivity contribution in [1.29, 1.82) is 0 Å². The fourth-order valence-corrected chi connectivity index (χ4v) is 2.79. The van der Waals surface area contributed by atoms with E-state index in [0.717, 1.165) is 37.5 Å². The number of hydrogen-bond acceptors (Lipinski definition) is 9. The average molecular weight is 723 g/mol. The number of benzene rings is 3. The molecule has 0 bridgehead atoms. The van der Waals surface area contributed by atoms with Gasteiger partial charge in [-0.1, -0.05) is 36.4 Å². The topological polar surface area (TPSA) is 214 Å². The van der Waals surface area contributed by atoms with Crippen LogP contribution in [0.25, 0.3) is 0 Å². The van der Waals surface area contributed by atoms with Gasteiger partial charge in [0.25, 0.3) is 17.9 Å². The zero-order chi connectivity index (χ0) is 34.2. The Morgan fingerprint density at radius 1 is 0.565 bits per heavy atom. The quantitative estimate of drug-likeness (QED) is 0.0864. The fourth-order valence-electron chi connectivity index (χ4n) is 2.79. The molecule has 6 N–H and O–H groups in total. The largest absolute Gasteiger partial charge is 0.507 e. The molecule has 0 aromatic heterocycles. The third-order valence-electron chi connectivity index (χ3n) is 4.75. The van der Waals surface area contributed by atoms with E-state index in [9.17, 15) is 15.0 Å². The fraction of sp³-hybridized carbons (Fsp3) is 0.250. The minimum absolute atomic E-state index is 0. The molecule has 3 aromatic carbocycles. The van der Waals surface area contributed by atoms with Crippen LogP contribution in [-0.2, 0) is 48.5 Å². The van der Waals surface area contributed by atoms with Crippen LogP contribution in [0.15, 0.2) is 64.6 Å². The molecule has 2 radical (unpaired) electrons. The number of hydrogen-bond donors (Lipinski definition) is 6. The summed E-state index contributed by atoms with van der Waals surface area (Å²) in [6.45, 7) is 9.76. The SMILES string of the molecule is CC(=O)O.CC(=O)O.CC(=O)O.Cc1cccc(C=NCCN=Cc2cccc(C)c2O)c1O.Cc1cccc(C=O)c1O.[Mn].[Mn]. The van der Waals surface area contributed by atoms with Crippen LogP contribution >= 0.6 is 0 Å². The van der Waals surface area contributed by atoms with Gasteiger partial charge in [0.05, 0.1) is 18.7 Å². The van der Waals surface area contributed by atoms with Gasteiger partial charge >= 0.3 is 0 Å². The summed E-state index contributed by atoms with van der Waals surface area (Å²) in [6, 6.07) is 16.2. The van der Waals surface area contributed by atoms with Crippen LogP contribution in [0, 0.1) is 20.8 Å². The molecule has 0 unspecified atom stereocenters. The molecule has 0 saturated carbocycles. The summed E-state index contributed by atoms with van der Waals surface area (Å²) in [5.41, 5.74) is 4.15. The normalized spacial score (nSPS) is 9.17. The van der Waals surface area contributed by atoms with Gasteiger partial charge in [-0.25, -0.2) is 0 Å². The molecule has 0 aliphatic carbocycles. The maximum atomic E-state index is 10.2. The summed E-state index contributed by atoms with van der Waals surface area (Å²) in [7, 11) is 0. The van der Waals surface area contributed by atoms with E-state index in [1.165, 1.54) is 0 Å². The van der Waals surface area contributed by atoms with Crippen molar-refractivity contribution in [2.45, 2.75) is 41.5 Å². The molecular weight excluding hydrogens is 682 g/mol. The van der Waals surface area contributed by atoms with E-state index in [4.69, 9.17) is 34.8 Å². The predicted octanol–water partition coefficient (Wildman–Crippen LogP) is 5.03. The van der Waals surface area contributed by atoms with Gasteiger partial charge in [-0.15, -0.1) is 0 Å². The Labute approximate surface area is 289 Å². The van der Waals surface area contributed by atoms with Crippen LogP contribution in [0.2, 0.25) is 0 Å². The first kappa shape index (κ1) is 48.4. The Bertz CT molecular complexity index is 1330. The van der Waals surface area contributed by atoms with Gasteiger partial charge in [0.1, 0.15) is 17.2 Å². The van der Waals surface area contributed by atoms with E-state index >= 15 is 0 Å². The number of para-hydroxylation sites is 3. The van der Waals surface area contributed by atoms with E-state index in [0.29, 0.717) is 36.1 Å². The zero-order valence-electron chi connectivity index (χ0n) is 26.3. The molecule has 3 aromatic rings. The molecule has 0 aliphatic heterocycles. The number of carbonyl (C=O) groups is 4. The summed E-state index contributed by atoms with van der Waals surface area (Å²) in [4.78, 5) is 45.7. The second kappa shape index (κ2) is 28.0. The zero-order valence-corrected chi connectivity index (χ0v) is 28.7. The summed E-state index contributed by atoms with van der Waals surface area (Å²) in [5.74, 6) is -1.89. The maximum Gasteiger partial charge on any atom is 0.300 e. The van der Waals surface area contributed by atoms with Crippen molar-refractivity contribution in [1.82, 2.24) is 0 Å². The number of carboxylic acid groups (broad SMARTS) is 3. The number of carbonyl (C=O) groups excluding carboxylic acids is 1. The van der Waals surface area contributed by atoms with Gasteiger partial charge in [-0.2, -0.15) is 0 Å². The van der Waals surface area contributed by atoms with Crippen molar-refractivity contribution in [3.8, 4) is 17.2 Å². The number of rotatable bonds is 6. The van der Waals surface area contributed by atoms with Gasteiger partial charge in [0, 0.05) is 78.5 Å². The number of carboxylic acids is 3. The van der Waals surface area contributed by atoms with Crippen LogP contribution in [0.5, 0.6) is 17.2 Å². The minimum Gasteiger partial charge on any atom is -0.507 e. The first-order valence-electron chi connectivity index (χ1n) is 12.9. The van der Waals surface area contributed by atoms with Crippen molar-refractivity contribution < 1.29 is 84.0 Å². The Morgan fingerprint density at radius 3 is 1.04 bits per heavy atom. The van der Waals surface area contributed by atoms with Crippen LogP contribution in [-0.4, -0.2) is 80.4 Å². The van der Waals surface area contributed by atoms with Crippen LogP contribution < -0.4 is 0 Å². The first-order valence-corrected chi connectivity index (χ1v) is 12.9. The monoisotopic (exact) mass is 722 g/mol. The average Bonchev–Trinajstić information content (AvgIpc) is 2.92. The van der Waals surface area contributed by atoms with Gasteiger partial charge in [0.15, 0.2) is 6.29 Å². The number of phenols is 3. The molecule has 0 fully saturated rings. The second-order valence-corrected chi connectivity index (χ2v) is 8.78. The number of aryl methyl sites for hydroxylation is 3. The molecular formula is C32H40Mn2N2O10. The molecule has 0 heterocycles. The second-order valence-electron chi connectivity index (χ2n) is 8.78. The Hall–Kier alpha value is -4.48. The van der Waals surface area contributed by atoms with Gasteiger partial charge in [-0.3, -0.25) is 29.2 Å². The molecule has 3 rings (SSSR count). The minimum atomic E-state index is -0.833. The molecule has 0 aliphatic rings. The molecule has 14 heteroatoms. The summed E-state index contributed by atoms with van der Waals surface area (Å²) in [6.07, 6.45) is 3.95. The van der Waals surface area contributed by atoms with Crippen LogP contribution in [0.1, 0.15) is 58.9 Å². The Morgan fingerprint density at radius 2 is 0.804 bits per heavy atom. The summed E-state index contributed by atoms with van der Waals surface area (Å²) < 4.78 is 0. The van der Waals surface area contributed by atoms with E-state index in [1.54, 1.807) is 37.6 Å². The number of nitrogens with zero attached hydrogens (tertiary/aromatic N) is 2. The summed E-state index contributed by atoms with van der Waals surface area (Å²) >= 11 is 0. The van der Waals surface area contributed by atoms with Crippen molar-refractivity contribution in [3.63, 3.8) is 0 Å². The van der Waals surface area contributed by atoms with Crippen LogP contribution in [0.4, 0.5) is 0 Å². The third-order valence-corrected chi connectivity index (χ3v) is 4.75. The third kappa shape index (κ3) is 24.9. The van der Waals surface area contributed by atoms with Crippen molar-refractivity contribution >= 4 is 36.6 Å². The summed E-state index contributed by atoms with van der Waals surface area (Å²) in [5, 5.41) is 51.1. The Kier molecular flexibility index (Phi) is 29.5. The van der Waals surface area contributed by atoms with E-state index in [2.05, 4.69) is 9.98 Å². The standard InChI is InChI=1S/C18H20N2O2.C8H8O2.3C2H4O2.2Mn/c1-13-5-3-7-15(17(13)21)11-19-9-10-20-12-16-8-4-6-14(2)18(16)22;1-6-3-2-4-7(5-9)8(6)10;3*1-2(3)4;;/h3-8,11-12,21-22H,9-10H2,1-2H3;2-5,10H,1H3;3*1H3,(H,3,4);;. The van der Waals surface area contributed by atoms with Gasteiger partial charge in [0.2, 0.25) is 0 Å². The number of aromatic hydroxyl groups is 3. The maximum absolute atomic E-state index is 10.2. The molecule has 0 amide bonds. The smallest absolute Gasteiger partial charge is 0.300 e. The molecule has 0 spiro atoms. The van der Waals surface area contributed by atoms with Crippen molar-refractivity contribution in [3.05, 3.63) is 88.0 Å². The van der Waals surface area contributed by atoms with Gasteiger partial charge < -0.3 is 30.6 Å². The number of aliphatic carboxylic acids is 3. The van der Waals surface area contributed by atoms with Crippen molar-refractivity contribution in [2.24, 2.45) is 9.98 Å². The van der Waals surface area contributed by atoms with Crippen molar-refractivity contribution in [2.75, 3.05) is 13.1 Å². The molecule has 0 atom stereocenters. The molecule has 46 heavy (non-hydrogen) atoms. The molecule has 12 nitrogen and oxygen atoms in total. The molecule has 252 valence electrons. The number of aliphatic imine (C=N–C) groups is 2. The van der Waals surface area contributed by atoms with E-state index in [1.807, 2.05) is 50.2 Å². The van der Waals surface area contributed by atoms with Gasteiger partial charge in [-0.05, 0) is 55.7 Å². The number of phenolic OH excluding ortho intramolecular Hbond substituents is 3. The molecule has 0 saturated heterocycles. The van der Waals surface area contributed by atoms with E-state index < -0.39 is 17.9 Å². The first-order chi connectivity index (χ1) is 20.5. The predicted molar refractivity (Wildman–Crippen MR) is 169 cm³/mol.